The molecule has 0 saturated carbocycles. The van der Waals surface area contributed by atoms with Gasteiger partial charge in [-0.2, -0.15) is 0 Å². The molecule has 1 unspecified atom stereocenters. The van der Waals surface area contributed by atoms with Gasteiger partial charge >= 0.3 is 0 Å². The number of halogens is 3. The Labute approximate surface area is 138 Å². The minimum Gasteiger partial charge on any atom is -0.496 e. The maximum absolute atomic E-state index is 6.20. The maximum atomic E-state index is 6.20. The minimum absolute atomic E-state index is 0.173. The Morgan fingerprint density at radius 3 is 2.43 bits per heavy atom. The van der Waals surface area contributed by atoms with Crippen molar-refractivity contribution >= 4 is 34.8 Å². The largest absolute Gasteiger partial charge is 0.496 e. The van der Waals surface area contributed by atoms with Crippen molar-refractivity contribution in [2.24, 2.45) is 5.84 Å². The first-order chi connectivity index (χ1) is 10.0. The predicted molar refractivity (Wildman–Crippen MR) is 88.2 cm³/mol. The van der Waals surface area contributed by atoms with Gasteiger partial charge in [0.25, 0.3) is 0 Å². The third kappa shape index (κ3) is 4.02. The van der Waals surface area contributed by atoms with Crippen molar-refractivity contribution in [3.63, 3.8) is 0 Å². The van der Waals surface area contributed by atoms with Gasteiger partial charge < -0.3 is 4.74 Å². The summed E-state index contributed by atoms with van der Waals surface area (Å²) in [6.07, 6.45) is 0.577. The molecule has 112 valence electrons. The van der Waals surface area contributed by atoms with E-state index in [0.717, 1.165) is 11.1 Å². The van der Waals surface area contributed by atoms with Crippen molar-refractivity contribution in [2.75, 3.05) is 7.11 Å². The monoisotopic (exact) mass is 344 g/mol. The number of hydrogen-bond donors (Lipinski definition) is 2. The van der Waals surface area contributed by atoms with E-state index in [9.17, 15) is 0 Å². The number of benzene rings is 2. The summed E-state index contributed by atoms with van der Waals surface area (Å²) >= 11 is 18.2. The van der Waals surface area contributed by atoms with Crippen LogP contribution in [0.2, 0.25) is 15.1 Å². The van der Waals surface area contributed by atoms with Crippen molar-refractivity contribution < 1.29 is 4.74 Å². The Balaban J connectivity index is 2.34. The molecule has 2 rings (SSSR count). The standard InChI is InChI=1S/C15H15Cl3N2O/c1-21-15-8-11(17)2-4-12(15)14(20-19)7-9-6-10(16)3-5-13(9)18/h2-6,8,14,20H,7,19H2,1H3. The highest BCUT2D eigenvalue weighted by molar-refractivity contribution is 6.33. The molecule has 2 aromatic carbocycles. The fourth-order valence-corrected chi connectivity index (χ4v) is 2.70. The van der Waals surface area contributed by atoms with Gasteiger partial charge in [0.15, 0.2) is 0 Å². The molecule has 21 heavy (non-hydrogen) atoms. The van der Waals surface area contributed by atoms with Gasteiger partial charge in [0, 0.05) is 20.6 Å². The summed E-state index contributed by atoms with van der Waals surface area (Å²) in [4.78, 5) is 0. The molecule has 6 heteroatoms. The number of nitrogens with one attached hydrogen (secondary N) is 1. The summed E-state index contributed by atoms with van der Waals surface area (Å²) in [7, 11) is 1.59. The third-order valence-electron chi connectivity index (χ3n) is 3.20. The number of rotatable bonds is 5. The van der Waals surface area contributed by atoms with E-state index in [1.54, 1.807) is 31.4 Å². The number of ether oxygens (including phenoxy) is 1. The highest BCUT2D eigenvalue weighted by Gasteiger charge is 2.17. The van der Waals surface area contributed by atoms with Crippen LogP contribution >= 0.6 is 34.8 Å². The first kappa shape index (κ1) is 16.4. The summed E-state index contributed by atoms with van der Waals surface area (Å²) < 4.78 is 5.36. The lowest BCUT2D eigenvalue weighted by molar-refractivity contribution is 0.399. The molecule has 0 bridgehead atoms. The van der Waals surface area contributed by atoms with Gasteiger partial charge in [0.1, 0.15) is 5.75 Å². The topological polar surface area (TPSA) is 47.3 Å². The molecule has 0 aliphatic rings. The van der Waals surface area contributed by atoms with Gasteiger partial charge in [-0.25, -0.2) is 0 Å². The molecule has 0 radical (unpaired) electrons. The van der Waals surface area contributed by atoms with Crippen LogP contribution in [0.15, 0.2) is 36.4 Å². The Hall–Kier alpha value is -0.970. The van der Waals surface area contributed by atoms with E-state index in [4.69, 9.17) is 45.4 Å². The van der Waals surface area contributed by atoms with Crippen molar-refractivity contribution in [3.8, 4) is 5.75 Å². The van der Waals surface area contributed by atoms with Crippen LogP contribution in [0.25, 0.3) is 0 Å². The molecular formula is C15H15Cl3N2O. The van der Waals surface area contributed by atoms with Gasteiger partial charge in [0.05, 0.1) is 13.2 Å². The quantitative estimate of drug-likeness (QED) is 0.623. The molecule has 0 saturated heterocycles. The highest BCUT2D eigenvalue weighted by atomic mass is 35.5. The molecule has 0 aromatic heterocycles. The number of nitrogens with two attached hydrogens (primary N) is 1. The van der Waals surface area contributed by atoms with E-state index in [-0.39, 0.29) is 6.04 Å². The van der Waals surface area contributed by atoms with Crippen LogP contribution in [0.1, 0.15) is 17.2 Å². The summed E-state index contributed by atoms with van der Waals surface area (Å²) in [6, 6.07) is 10.6. The van der Waals surface area contributed by atoms with Crippen molar-refractivity contribution in [2.45, 2.75) is 12.5 Å². The molecule has 0 amide bonds. The minimum atomic E-state index is -0.173. The normalized spacial score (nSPS) is 12.2. The van der Waals surface area contributed by atoms with Gasteiger partial charge in [-0.15, -0.1) is 0 Å². The highest BCUT2D eigenvalue weighted by Crippen LogP contribution is 2.32. The van der Waals surface area contributed by atoms with Gasteiger partial charge in [-0.05, 0) is 42.3 Å². The van der Waals surface area contributed by atoms with Gasteiger partial charge in [-0.3, -0.25) is 11.3 Å². The first-order valence-electron chi connectivity index (χ1n) is 6.28. The van der Waals surface area contributed by atoms with Crippen LogP contribution in [0.5, 0.6) is 5.75 Å². The Morgan fingerprint density at radius 2 is 1.76 bits per heavy atom. The van der Waals surface area contributed by atoms with Crippen LogP contribution in [-0.4, -0.2) is 7.11 Å². The second-order valence-electron chi connectivity index (χ2n) is 4.55. The second-order valence-corrected chi connectivity index (χ2v) is 5.83. The summed E-state index contributed by atoms with van der Waals surface area (Å²) in [5.41, 5.74) is 4.59. The molecule has 0 spiro atoms. The summed E-state index contributed by atoms with van der Waals surface area (Å²) in [5, 5.41) is 1.88. The zero-order valence-electron chi connectivity index (χ0n) is 11.4. The average molecular weight is 346 g/mol. The Bertz CT molecular complexity index is 634. The summed E-state index contributed by atoms with van der Waals surface area (Å²) in [5.74, 6) is 6.36. The van der Waals surface area contributed by atoms with Gasteiger partial charge in [0.2, 0.25) is 0 Å². The molecule has 0 aliphatic carbocycles. The van der Waals surface area contributed by atoms with Crippen molar-refractivity contribution in [3.05, 3.63) is 62.6 Å². The van der Waals surface area contributed by atoms with E-state index in [0.29, 0.717) is 27.2 Å². The van der Waals surface area contributed by atoms with Crippen LogP contribution in [-0.2, 0) is 6.42 Å². The van der Waals surface area contributed by atoms with E-state index >= 15 is 0 Å². The maximum Gasteiger partial charge on any atom is 0.125 e. The van der Waals surface area contributed by atoms with E-state index in [1.165, 1.54) is 0 Å². The smallest absolute Gasteiger partial charge is 0.125 e. The van der Waals surface area contributed by atoms with Crippen LogP contribution in [0, 0.1) is 0 Å². The molecule has 2 aromatic rings. The number of methoxy groups -OCH3 is 1. The molecule has 3 nitrogen and oxygen atoms in total. The predicted octanol–water partition coefficient (Wildman–Crippen LogP) is 4.40. The van der Waals surface area contributed by atoms with Crippen LogP contribution in [0.4, 0.5) is 0 Å². The number of hydrazine groups is 1. The van der Waals surface area contributed by atoms with E-state index in [2.05, 4.69) is 5.43 Å². The van der Waals surface area contributed by atoms with Crippen LogP contribution < -0.4 is 16.0 Å². The lowest BCUT2D eigenvalue weighted by atomic mass is 9.98. The van der Waals surface area contributed by atoms with Crippen molar-refractivity contribution in [1.82, 2.24) is 5.43 Å². The van der Waals surface area contributed by atoms with Crippen LogP contribution in [0.3, 0.4) is 0 Å². The third-order valence-corrected chi connectivity index (χ3v) is 4.04. The zero-order valence-corrected chi connectivity index (χ0v) is 13.6. The van der Waals surface area contributed by atoms with Crippen molar-refractivity contribution in [1.29, 1.82) is 0 Å². The second kappa shape index (κ2) is 7.34. The molecule has 0 aliphatic heterocycles. The fraction of sp³-hybridized carbons (Fsp3) is 0.200. The fourth-order valence-electron chi connectivity index (χ4n) is 2.15. The van der Waals surface area contributed by atoms with E-state index in [1.807, 2.05) is 12.1 Å². The Kier molecular flexibility index (Phi) is 5.73. The molecule has 1 atom stereocenters. The first-order valence-corrected chi connectivity index (χ1v) is 7.42. The molecular weight excluding hydrogens is 331 g/mol. The number of hydrogen-bond acceptors (Lipinski definition) is 3. The SMILES string of the molecule is COc1cc(Cl)ccc1C(Cc1cc(Cl)ccc1Cl)NN. The Morgan fingerprint density at radius 1 is 1.10 bits per heavy atom. The molecule has 0 heterocycles. The lowest BCUT2D eigenvalue weighted by Gasteiger charge is -2.20. The lowest BCUT2D eigenvalue weighted by Crippen LogP contribution is -2.30. The average Bonchev–Trinajstić information content (AvgIpc) is 2.48. The van der Waals surface area contributed by atoms with Gasteiger partial charge in [-0.1, -0.05) is 40.9 Å². The molecule has 3 N–H and O–H groups in total. The zero-order chi connectivity index (χ0) is 15.4. The molecule has 0 fully saturated rings. The summed E-state index contributed by atoms with van der Waals surface area (Å²) in [6.45, 7) is 0. The van der Waals surface area contributed by atoms with E-state index < -0.39 is 0 Å².